The molecule has 1 atom stereocenters. The first-order valence-corrected chi connectivity index (χ1v) is 21.9. The molecule has 50 heavy (non-hydrogen) atoms. The molecule has 0 saturated carbocycles. The lowest BCUT2D eigenvalue weighted by Gasteiger charge is -2.39. The molecule has 1 unspecified atom stereocenters. The number of hydrogen-bond acceptors (Lipinski definition) is 11. The van der Waals surface area contributed by atoms with Crippen molar-refractivity contribution in [1.29, 1.82) is 0 Å². The molecule has 1 aromatic carbocycles. The van der Waals surface area contributed by atoms with Crippen molar-refractivity contribution in [3.05, 3.63) is 75.1 Å². The van der Waals surface area contributed by atoms with Gasteiger partial charge in [-0.2, -0.15) is 19.0 Å². The second-order valence-corrected chi connectivity index (χ2v) is 18.5. The van der Waals surface area contributed by atoms with Crippen molar-refractivity contribution in [3.8, 4) is 10.4 Å². The molecular formula is C36H51N5O6S3. The van der Waals surface area contributed by atoms with Gasteiger partial charge in [0.2, 0.25) is 0 Å². The van der Waals surface area contributed by atoms with Gasteiger partial charge in [-0.25, -0.2) is 9.97 Å². The maximum atomic E-state index is 14.1. The Labute approximate surface area is 301 Å². The summed E-state index contributed by atoms with van der Waals surface area (Å²) in [6.45, 7) is 5.20. The van der Waals surface area contributed by atoms with Gasteiger partial charge >= 0.3 is 0 Å². The van der Waals surface area contributed by atoms with E-state index in [1.165, 1.54) is 22.3 Å². The van der Waals surface area contributed by atoms with E-state index < -0.39 is 20.7 Å². The Hall–Kier alpha value is -2.85. The van der Waals surface area contributed by atoms with Gasteiger partial charge in [0.1, 0.15) is 17.8 Å². The lowest BCUT2D eigenvalue weighted by atomic mass is 9.93. The molecule has 3 aromatic heterocycles. The van der Waals surface area contributed by atoms with E-state index in [0.717, 1.165) is 48.9 Å². The zero-order valence-electron chi connectivity index (χ0n) is 29.3. The number of fused-ring (bicyclic) bond motifs is 1. The van der Waals surface area contributed by atoms with E-state index in [9.17, 15) is 22.3 Å². The number of nitrogens with one attached hydrogen (secondary N) is 2. The summed E-state index contributed by atoms with van der Waals surface area (Å²) in [5, 5.41) is 7.66. The number of benzene rings is 1. The van der Waals surface area contributed by atoms with Crippen LogP contribution in [0.25, 0.3) is 21.5 Å². The number of hydrogen-bond donors (Lipinski definition) is 4. The lowest BCUT2D eigenvalue weighted by molar-refractivity contribution is 0.307. The van der Waals surface area contributed by atoms with Crippen LogP contribution in [0.2, 0.25) is 0 Å². The third-order valence-electron chi connectivity index (χ3n) is 9.39. The zero-order chi connectivity index (χ0) is 35.7. The quantitative estimate of drug-likeness (QED) is 0.0587. The fraction of sp³-hybridized carbons (Fsp3) is 0.528. The topological polar surface area (TPSA) is 156 Å². The molecule has 1 saturated heterocycles. The second kappa shape index (κ2) is 17.6. The first-order valence-electron chi connectivity index (χ1n) is 17.6. The largest absolute Gasteiger partial charge is 0.362 e. The summed E-state index contributed by atoms with van der Waals surface area (Å²) in [5.74, 6) is 1.18. The Bertz CT molecular complexity index is 1880. The van der Waals surface area contributed by atoms with Gasteiger partial charge in [-0.1, -0.05) is 49.9 Å². The van der Waals surface area contributed by atoms with Crippen LogP contribution in [0.1, 0.15) is 93.2 Å². The molecule has 0 bridgehead atoms. The van der Waals surface area contributed by atoms with Crippen molar-refractivity contribution >= 4 is 48.9 Å². The molecule has 11 nitrogen and oxygen atoms in total. The molecule has 0 spiro atoms. The standard InChI is InChI=1S/C36H51N5O6S3/c1-4-50(45,46)47-20-12-8-6-5-7-11-19-41-35-31(23-30(36(41)42)27-17-21-49(43,44)22-18-27)34(38-25-39-35)40-26(2)32-15-16-33(48-32)29-14-10-9-13-28(29)24-37-3/h9-10,13-16,23,25-27,37,43-44H,4-8,11-12,17-22,24H2,1-3H3,(H,38,39,40). The van der Waals surface area contributed by atoms with Gasteiger partial charge in [0.25, 0.3) is 15.7 Å². The van der Waals surface area contributed by atoms with Crippen LogP contribution in [0.3, 0.4) is 0 Å². The van der Waals surface area contributed by atoms with Crippen molar-refractivity contribution in [2.75, 3.05) is 36.2 Å². The first-order chi connectivity index (χ1) is 24.0. The van der Waals surface area contributed by atoms with Crippen molar-refractivity contribution < 1.29 is 21.7 Å². The highest BCUT2D eigenvalue weighted by Crippen LogP contribution is 2.48. The normalized spacial score (nSPS) is 16.4. The minimum absolute atomic E-state index is 0.0163. The Balaban J connectivity index is 1.33. The van der Waals surface area contributed by atoms with Crippen LogP contribution in [0.15, 0.2) is 53.6 Å². The number of unbranched alkanes of at least 4 members (excludes halogenated alkanes) is 5. The van der Waals surface area contributed by atoms with Crippen LogP contribution < -0.4 is 16.2 Å². The summed E-state index contributed by atoms with van der Waals surface area (Å²) in [5.41, 5.74) is 3.66. The predicted molar refractivity (Wildman–Crippen MR) is 206 cm³/mol. The second-order valence-electron chi connectivity index (χ2n) is 13.0. The summed E-state index contributed by atoms with van der Waals surface area (Å²) >= 11 is 1.75. The number of thiophene rings is 1. The summed E-state index contributed by atoms with van der Waals surface area (Å²) < 4.78 is 50.3. The van der Waals surface area contributed by atoms with E-state index >= 15 is 0 Å². The Morgan fingerprint density at radius 3 is 2.50 bits per heavy atom. The zero-order valence-corrected chi connectivity index (χ0v) is 31.7. The fourth-order valence-electron chi connectivity index (χ4n) is 6.50. The Kier molecular flexibility index (Phi) is 13.5. The highest BCUT2D eigenvalue weighted by Gasteiger charge is 2.28. The summed E-state index contributed by atoms with van der Waals surface area (Å²) in [7, 11) is -4.04. The molecule has 1 aliphatic heterocycles. The van der Waals surface area contributed by atoms with Gasteiger partial charge in [-0.05, 0) is 81.8 Å². The van der Waals surface area contributed by atoms with Crippen molar-refractivity contribution in [3.63, 3.8) is 0 Å². The van der Waals surface area contributed by atoms with Gasteiger partial charge in [-0.15, -0.1) is 11.3 Å². The highest BCUT2D eigenvalue weighted by atomic mass is 32.3. The van der Waals surface area contributed by atoms with E-state index in [1.807, 2.05) is 13.1 Å². The van der Waals surface area contributed by atoms with Crippen LogP contribution >= 0.6 is 21.9 Å². The minimum Gasteiger partial charge on any atom is -0.362 e. The number of aryl methyl sites for hydroxylation is 1. The predicted octanol–water partition coefficient (Wildman–Crippen LogP) is 7.75. The van der Waals surface area contributed by atoms with Gasteiger partial charge < -0.3 is 10.6 Å². The van der Waals surface area contributed by atoms with Crippen LogP contribution in [0, 0.1) is 0 Å². The Morgan fingerprint density at radius 1 is 1.04 bits per heavy atom. The van der Waals surface area contributed by atoms with Gasteiger partial charge in [0.15, 0.2) is 0 Å². The summed E-state index contributed by atoms with van der Waals surface area (Å²) in [4.78, 5) is 25.7. The molecule has 14 heteroatoms. The molecule has 5 rings (SSSR count). The lowest BCUT2D eigenvalue weighted by Crippen LogP contribution is -2.30. The van der Waals surface area contributed by atoms with Crippen LogP contribution in [0.4, 0.5) is 5.82 Å². The number of anilines is 1. The number of nitrogens with zero attached hydrogens (tertiary/aromatic N) is 3. The third-order valence-corrected chi connectivity index (χ3v) is 13.7. The van der Waals surface area contributed by atoms with Crippen molar-refractivity contribution in [2.24, 2.45) is 0 Å². The highest BCUT2D eigenvalue weighted by molar-refractivity contribution is 8.24. The number of pyridine rings is 1. The average molecular weight is 746 g/mol. The molecule has 1 fully saturated rings. The molecule has 4 heterocycles. The maximum Gasteiger partial charge on any atom is 0.267 e. The summed E-state index contributed by atoms with van der Waals surface area (Å²) in [6.07, 6.45) is 7.82. The van der Waals surface area contributed by atoms with E-state index in [1.54, 1.807) is 22.8 Å². The van der Waals surface area contributed by atoms with Crippen molar-refractivity contribution in [2.45, 2.75) is 90.3 Å². The summed E-state index contributed by atoms with van der Waals surface area (Å²) in [6, 6.07) is 14.6. The minimum atomic E-state index is -3.40. The molecule has 4 aromatic rings. The third kappa shape index (κ3) is 9.93. The smallest absolute Gasteiger partial charge is 0.267 e. The van der Waals surface area contributed by atoms with Crippen molar-refractivity contribution in [1.82, 2.24) is 19.9 Å². The average Bonchev–Trinajstić information content (AvgIpc) is 3.59. The molecule has 1 aliphatic rings. The van der Waals surface area contributed by atoms with E-state index in [-0.39, 0.29) is 29.9 Å². The number of aromatic nitrogens is 3. The van der Waals surface area contributed by atoms with Gasteiger partial charge in [-0.3, -0.25) is 22.7 Å². The van der Waals surface area contributed by atoms with Gasteiger partial charge in [0, 0.05) is 39.9 Å². The molecule has 0 aliphatic carbocycles. The SMILES string of the molecule is CCS(=O)(=O)OCCCCCCCCn1c(=O)c(C2CCS(O)(O)CC2)cc2c(NC(C)c3ccc(-c4ccccc4CNC)s3)ncnc21. The van der Waals surface area contributed by atoms with Crippen LogP contribution in [-0.2, 0) is 27.4 Å². The molecule has 274 valence electrons. The van der Waals surface area contributed by atoms with Crippen LogP contribution in [-0.4, -0.2) is 63.0 Å². The monoisotopic (exact) mass is 745 g/mol. The van der Waals surface area contributed by atoms with Gasteiger partial charge in [0.05, 0.1) is 23.8 Å². The molecule has 0 radical (unpaired) electrons. The molecule has 4 N–H and O–H groups in total. The first kappa shape index (κ1) is 38.4. The number of rotatable bonds is 18. The molecular weight excluding hydrogens is 695 g/mol. The van der Waals surface area contributed by atoms with E-state index in [0.29, 0.717) is 54.3 Å². The van der Waals surface area contributed by atoms with E-state index in [4.69, 9.17) is 4.18 Å². The maximum absolute atomic E-state index is 14.1. The van der Waals surface area contributed by atoms with Crippen LogP contribution in [0.5, 0.6) is 0 Å². The molecule has 0 amide bonds. The Morgan fingerprint density at radius 2 is 1.76 bits per heavy atom. The fourth-order valence-corrected chi connectivity index (χ4v) is 9.64. The van der Waals surface area contributed by atoms with E-state index in [2.05, 4.69) is 63.9 Å².